The van der Waals surface area contributed by atoms with Gasteiger partial charge in [-0.3, -0.25) is 4.79 Å². The number of halogens is 1. The van der Waals surface area contributed by atoms with E-state index in [9.17, 15) is 4.79 Å². The van der Waals surface area contributed by atoms with E-state index < -0.39 is 0 Å². The highest BCUT2D eigenvalue weighted by Gasteiger charge is 2.33. The number of ether oxygens (including phenoxy) is 2. The summed E-state index contributed by atoms with van der Waals surface area (Å²) in [6.45, 7) is 2.26. The molecule has 5 heteroatoms. The molecule has 2 fully saturated rings. The van der Waals surface area contributed by atoms with Gasteiger partial charge in [-0.15, -0.1) is 0 Å². The van der Waals surface area contributed by atoms with Crippen molar-refractivity contribution >= 4 is 21.8 Å². The lowest BCUT2D eigenvalue weighted by atomic mass is 9.92. The first-order chi connectivity index (χ1) is 8.24. The number of nitrogens with one attached hydrogen (secondary N) is 1. The zero-order chi connectivity index (χ0) is 12.1. The van der Waals surface area contributed by atoms with Gasteiger partial charge in [-0.25, -0.2) is 0 Å². The summed E-state index contributed by atoms with van der Waals surface area (Å²) in [5.41, 5.74) is -0.117. The van der Waals surface area contributed by atoms with E-state index in [1.807, 2.05) is 0 Å². The van der Waals surface area contributed by atoms with E-state index in [1.165, 1.54) is 0 Å². The molecule has 0 radical (unpaired) electrons. The SMILES string of the molecule is O=C(CC1CCCO1)NC1(CBr)CCOCC1. The highest BCUT2D eigenvalue weighted by Crippen LogP contribution is 2.24. The molecule has 2 aliphatic rings. The van der Waals surface area contributed by atoms with Crippen LogP contribution in [0.15, 0.2) is 0 Å². The van der Waals surface area contributed by atoms with Crippen molar-refractivity contribution in [2.45, 2.75) is 43.7 Å². The number of hydrogen-bond donors (Lipinski definition) is 1. The maximum Gasteiger partial charge on any atom is 0.223 e. The van der Waals surface area contributed by atoms with Crippen LogP contribution < -0.4 is 5.32 Å². The normalized spacial score (nSPS) is 27.9. The van der Waals surface area contributed by atoms with Gasteiger partial charge in [0.15, 0.2) is 0 Å². The molecule has 0 aromatic carbocycles. The van der Waals surface area contributed by atoms with Crippen molar-refractivity contribution in [2.75, 3.05) is 25.2 Å². The molecule has 0 bridgehead atoms. The number of rotatable bonds is 4. The summed E-state index contributed by atoms with van der Waals surface area (Å²) in [7, 11) is 0. The molecule has 0 aromatic heterocycles. The van der Waals surface area contributed by atoms with E-state index in [-0.39, 0.29) is 17.6 Å². The van der Waals surface area contributed by atoms with Gasteiger partial charge >= 0.3 is 0 Å². The van der Waals surface area contributed by atoms with E-state index in [0.717, 1.165) is 50.8 Å². The Morgan fingerprint density at radius 1 is 1.35 bits per heavy atom. The predicted octanol–water partition coefficient (Wildman–Crippen LogP) is 1.62. The third-order valence-electron chi connectivity index (χ3n) is 3.55. The number of carbonyl (C=O) groups is 1. The van der Waals surface area contributed by atoms with Gasteiger partial charge < -0.3 is 14.8 Å². The van der Waals surface area contributed by atoms with Crippen LogP contribution in [-0.4, -0.2) is 42.7 Å². The molecule has 1 atom stereocenters. The Bertz CT molecular complexity index is 260. The zero-order valence-corrected chi connectivity index (χ0v) is 11.6. The number of hydrogen-bond acceptors (Lipinski definition) is 3. The summed E-state index contributed by atoms with van der Waals surface area (Å²) in [5.74, 6) is 0.109. The summed E-state index contributed by atoms with van der Waals surface area (Å²) in [4.78, 5) is 12.0. The second-order valence-electron chi connectivity index (χ2n) is 4.91. The first kappa shape index (κ1) is 13.3. The van der Waals surface area contributed by atoms with E-state index in [1.54, 1.807) is 0 Å². The first-order valence-corrected chi connectivity index (χ1v) is 7.43. The molecule has 0 spiro atoms. The average molecular weight is 306 g/mol. The Morgan fingerprint density at radius 2 is 2.12 bits per heavy atom. The van der Waals surface area contributed by atoms with Crippen molar-refractivity contribution in [3.8, 4) is 0 Å². The molecule has 1 unspecified atom stereocenters. The average Bonchev–Trinajstić information content (AvgIpc) is 2.83. The van der Waals surface area contributed by atoms with Crippen molar-refractivity contribution in [3.05, 3.63) is 0 Å². The van der Waals surface area contributed by atoms with Gasteiger partial charge in [0.1, 0.15) is 0 Å². The van der Waals surface area contributed by atoms with Gasteiger partial charge in [-0.1, -0.05) is 15.9 Å². The molecule has 98 valence electrons. The van der Waals surface area contributed by atoms with Crippen molar-refractivity contribution in [1.29, 1.82) is 0 Å². The van der Waals surface area contributed by atoms with Crippen molar-refractivity contribution in [2.24, 2.45) is 0 Å². The molecule has 0 saturated carbocycles. The van der Waals surface area contributed by atoms with Crippen molar-refractivity contribution in [3.63, 3.8) is 0 Å². The second kappa shape index (κ2) is 6.16. The monoisotopic (exact) mass is 305 g/mol. The van der Waals surface area contributed by atoms with Gasteiger partial charge in [0.25, 0.3) is 0 Å². The van der Waals surface area contributed by atoms with Crippen LogP contribution in [0.2, 0.25) is 0 Å². The van der Waals surface area contributed by atoms with Crippen LogP contribution in [0.4, 0.5) is 0 Å². The van der Waals surface area contributed by atoms with Crippen LogP contribution in [0.5, 0.6) is 0 Å². The quantitative estimate of drug-likeness (QED) is 0.803. The minimum atomic E-state index is -0.117. The molecular weight excluding hydrogens is 286 g/mol. The third kappa shape index (κ3) is 3.66. The maximum atomic E-state index is 12.0. The third-order valence-corrected chi connectivity index (χ3v) is 4.62. The fourth-order valence-corrected chi connectivity index (χ4v) is 3.11. The van der Waals surface area contributed by atoms with Crippen molar-refractivity contribution < 1.29 is 14.3 Å². The van der Waals surface area contributed by atoms with Crippen molar-refractivity contribution in [1.82, 2.24) is 5.32 Å². The lowest BCUT2D eigenvalue weighted by Crippen LogP contribution is -2.53. The van der Waals surface area contributed by atoms with E-state index in [0.29, 0.717) is 6.42 Å². The largest absolute Gasteiger partial charge is 0.381 e. The minimum absolute atomic E-state index is 0.109. The zero-order valence-electron chi connectivity index (χ0n) is 10.0. The van der Waals surface area contributed by atoms with Gasteiger partial charge in [0.2, 0.25) is 5.91 Å². The molecule has 2 rings (SSSR count). The Morgan fingerprint density at radius 3 is 2.71 bits per heavy atom. The summed E-state index contributed by atoms with van der Waals surface area (Å²) in [5, 5.41) is 3.96. The Balaban J connectivity index is 1.82. The summed E-state index contributed by atoms with van der Waals surface area (Å²) in [6, 6.07) is 0. The van der Waals surface area contributed by atoms with Crippen LogP contribution in [0.25, 0.3) is 0 Å². The molecule has 2 aliphatic heterocycles. The number of alkyl halides is 1. The molecule has 4 nitrogen and oxygen atoms in total. The van der Waals surface area contributed by atoms with E-state index in [2.05, 4.69) is 21.2 Å². The maximum absolute atomic E-state index is 12.0. The topological polar surface area (TPSA) is 47.6 Å². The molecule has 2 saturated heterocycles. The minimum Gasteiger partial charge on any atom is -0.381 e. The van der Waals surface area contributed by atoms with Crippen LogP contribution in [0.1, 0.15) is 32.1 Å². The van der Waals surface area contributed by atoms with Crippen LogP contribution in [0.3, 0.4) is 0 Å². The lowest BCUT2D eigenvalue weighted by Gasteiger charge is -2.36. The van der Waals surface area contributed by atoms with Crippen LogP contribution >= 0.6 is 15.9 Å². The summed E-state index contributed by atoms with van der Waals surface area (Å²) < 4.78 is 10.8. The van der Waals surface area contributed by atoms with Crippen LogP contribution in [-0.2, 0) is 14.3 Å². The molecule has 1 amide bonds. The molecule has 0 aromatic rings. The number of amides is 1. The Hall–Kier alpha value is -0.130. The molecule has 1 N–H and O–H groups in total. The summed E-state index contributed by atoms with van der Waals surface area (Å²) in [6.07, 6.45) is 4.48. The molecule has 17 heavy (non-hydrogen) atoms. The smallest absolute Gasteiger partial charge is 0.223 e. The van der Waals surface area contributed by atoms with Gasteiger partial charge in [-0.05, 0) is 25.7 Å². The highest BCUT2D eigenvalue weighted by molar-refractivity contribution is 9.09. The fraction of sp³-hybridized carbons (Fsp3) is 0.917. The first-order valence-electron chi connectivity index (χ1n) is 6.30. The lowest BCUT2D eigenvalue weighted by molar-refractivity contribution is -0.126. The van der Waals surface area contributed by atoms with E-state index in [4.69, 9.17) is 9.47 Å². The molecule has 2 heterocycles. The Kier molecular flexibility index (Phi) is 4.82. The van der Waals surface area contributed by atoms with E-state index >= 15 is 0 Å². The molecule has 0 aliphatic carbocycles. The summed E-state index contributed by atoms with van der Waals surface area (Å²) >= 11 is 3.51. The van der Waals surface area contributed by atoms with Gasteiger partial charge in [0.05, 0.1) is 18.1 Å². The second-order valence-corrected chi connectivity index (χ2v) is 5.47. The fourth-order valence-electron chi connectivity index (χ4n) is 2.41. The highest BCUT2D eigenvalue weighted by atomic mass is 79.9. The standard InChI is InChI=1S/C12H20BrNO3/c13-9-12(3-6-16-7-4-12)14-11(15)8-10-2-1-5-17-10/h10H,1-9H2,(H,14,15). The van der Waals surface area contributed by atoms with Gasteiger partial charge in [0, 0.05) is 25.2 Å². The Labute approximate surface area is 111 Å². The number of carbonyl (C=O) groups excluding carboxylic acids is 1. The predicted molar refractivity (Wildman–Crippen MR) is 68.3 cm³/mol. The molecular formula is C12H20BrNO3. The van der Waals surface area contributed by atoms with Crippen LogP contribution in [0, 0.1) is 0 Å². The van der Waals surface area contributed by atoms with Gasteiger partial charge in [-0.2, -0.15) is 0 Å².